The molecule has 3 heteroatoms. The summed E-state index contributed by atoms with van der Waals surface area (Å²) in [7, 11) is 0. The van der Waals surface area contributed by atoms with Crippen molar-refractivity contribution in [2.75, 3.05) is 6.54 Å². The highest BCUT2D eigenvalue weighted by Gasteiger charge is 2.34. The molecule has 1 amide bonds. The first-order valence-corrected chi connectivity index (χ1v) is 5.27. The molecule has 0 spiro atoms. The standard InChI is InChI=1S/C10H20N2O/c1-4-6-9-10(13)12(7-5-2)8(3)11-9/h8-9,11H,4-7H2,1-3H3. The van der Waals surface area contributed by atoms with Crippen LogP contribution in [0.2, 0.25) is 0 Å². The van der Waals surface area contributed by atoms with Crippen LogP contribution in [0.5, 0.6) is 0 Å². The van der Waals surface area contributed by atoms with Crippen molar-refractivity contribution in [3.05, 3.63) is 0 Å². The van der Waals surface area contributed by atoms with E-state index in [4.69, 9.17) is 0 Å². The fraction of sp³-hybridized carbons (Fsp3) is 0.900. The van der Waals surface area contributed by atoms with E-state index in [1.54, 1.807) is 0 Å². The molecule has 1 heterocycles. The Bertz CT molecular complexity index is 182. The van der Waals surface area contributed by atoms with Gasteiger partial charge in [0.15, 0.2) is 0 Å². The molecule has 1 aliphatic rings. The quantitative estimate of drug-likeness (QED) is 0.715. The summed E-state index contributed by atoms with van der Waals surface area (Å²) >= 11 is 0. The zero-order valence-corrected chi connectivity index (χ0v) is 8.84. The number of carbonyl (C=O) groups excluding carboxylic acids is 1. The minimum atomic E-state index is 0.0755. The zero-order chi connectivity index (χ0) is 9.84. The maximum absolute atomic E-state index is 11.8. The molecule has 1 N–H and O–H groups in total. The van der Waals surface area contributed by atoms with Gasteiger partial charge in [-0.15, -0.1) is 0 Å². The molecule has 0 aromatic carbocycles. The molecular weight excluding hydrogens is 164 g/mol. The Kier molecular flexibility index (Phi) is 3.72. The van der Waals surface area contributed by atoms with Crippen molar-refractivity contribution in [1.82, 2.24) is 10.2 Å². The molecule has 0 radical (unpaired) electrons. The van der Waals surface area contributed by atoms with Crippen molar-refractivity contribution in [3.8, 4) is 0 Å². The van der Waals surface area contributed by atoms with Crippen LogP contribution in [0.25, 0.3) is 0 Å². The second kappa shape index (κ2) is 4.61. The molecule has 0 aromatic rings. The van der Waals surface area contributed by atoms with E-state index in [-0.39, 0.29) is 18.1 Å². The molecule has 0 bridgehead atoms. The Morgan fingerprint density at radius 3 is 2.62 bits per heavy atom. The van der Waals surface area contributed by atoms with Crippen LogP contribution in [0.1, 0.15) is 40.0 Å². The molecule has 1 fully saturated rings. The molecule has 1 saturated heterocycles. The summed E-state index contributed by atoms with van der Waals surface area (Å²) < 4.78 is 0. The molecule has 1 aliphatic heterocycles. The van der Waals surface area contributed by atoms with E-state index in [9.17, 15) is 4.79 Å². The lowest BCUT2D eigenvalue weighted by molar-refractivity contribution is -0.130. The van der Waals surface area contributed by atoms with Gasteiger partial charge in [-0.3, -0.25) is 10.1 Å². The molecule has 3 nitrogen and oxygen atoms in total. The van der Waals surface area contributed by atoms with E-state index < -0.39 is 0 Å². The van der Waals surface area contributed by atoms with Crippen LogP contribution in [-0.4, -0.2) is 29.6 Å². The third kappa shape index (κ3) is 2.21. The highest BCUT2D eigenvalue weighted by Crippen LogP contribution is 2.14. The van der Waals surface area contributed by atoms with E-state index in [0.29, 0.717) is 0 Å². The predicted molar refractivity (Wildman–Crippen MR) is 53.3 cm³/mol. The Hall–Kier alpha value is -0.570. The number of amides is 1. The Labute approximate surface area is 80.5 Å². The molecular formula is C10H20N2O. The maximum Gasteiger partial charge on any atom is 0.241 e. The van der Waals surface area contributed by atoms with Crippen LogP contribution < -0.4 is 5.32 Å². The van der Waals surface area contributed by atoms with E-state index in [1.165, 1.54) is 0 Å². The van der Waals surface area contributed by atoms with Crippen LogP contribution in [0.3, 0.4) is 0 Å². The van der Waals surface area contributed by atoms with Gasteiger partial charge >= 0.3 is 0 Å². The SMILES string of the molecule is CCCC1NC(C)N(CCC)C1=O. The lowest BCUT2D eigenvalue weighted by Gasteiger charge is -2.19. The van der Waals surface area contributed by atoms with Gasteiger partial charge < -0.3 is 4.90 Å². The summed E-state index contributed by atoms with van der Waals surface area (Å²) in [5, 5.41) is 3.32. The highest BCUT2D eigenvalue weighted by atomic mass is 16.2. The summed E-state index contributed by atoms with van der Waals surface area (Å²) in [5.41, 5.74) is 0. The smallest absolute Gasteiger partial charge is 0.241 e. The number of hydrogen-bond acceptors (Lipinski definition) is 2. The lowest BCUT2D eigenvalue weighted by Crippen LogP contribution is -2.35. The lowest BCUT2D eigenvalue weighted by atomic mass is 10.2. The van der Waals surface area contributed by atoms with Crippen molar-refractivity contribution in [2.45, 2.75) is 52.2 Å². The van der Waals surface area contributed by atoms with E-state index >= 15 is 0 Å². The Balaban J connectivity index is 2.53. The molecule has 13 heavy (non-hydrogen) atoms. The van der Waals surface area contributed by atoms with Gasteiger partial charge in [-0.05, 0) is 19.8 Å². The van der Waals surface area contributed by atoms with Crippen molar-refractivity contribution in [3.63, 3.8) is 0 Å². The van der Waals surface area contributed by atoms with Gasteiger partial charge in [-0.1, -0.05) is 20.3 Å². The first kappa shape index (κ1) is 10.5. The van der Waals surface area contributed by atoms with Crippen LogP contribution in [0.15, 0.2) is 0 Å². The second-order valence-corrected chi connectivity index (χ2v) is 3.72. The highest BCUT2D eigenvalue weighted by molar-refractivity contribution is 5.84. The van der Waals surface area contributed by atoms with E-state index in [0.717, 1.165) is 25.8 Å². The molecule has 1 rings (SSSR count). The number of hydrogen-bond donors (Lipinski definition) is 1. The monoisotopic (exact) mass is 184 g/mol. The summed E-state index contributed by atoms with van der Waals surface area (Å²) in [6, 6.07) is 0.0755. The zero-order valence-electron chi connectivity index (χ0n) is 8.84. The summed E-state index contributed by atoms with van der Waals surface area (Å²) in [6.07, 6.45) is 3.29. The molecule has 0 aliphatic carbocycles. The van der Waals surface area contributed by atoms with Gasteiger partial charge in [-0.25, -0.2) is 0 Å². The molecule has 2 unspecified atom stereocenters. The fourth-order valence-corrected chi connectivity index (χ4v) is 1.88. The van der Waals surface area contributed by atoms with Crippen LogP contribution in [0.4, 0.5) is 0 Å². The average molecular weight is 184 g/mol. The van der Waals surface area contributed by atoms with Gasteiger partial charge in [0, 0.05) is 6.54 Å². The van der Waals surface area contributed by atoms with E-state index in [2.05, 4.69) is 26.1 Å². The van der Waals surface area contributed by atoms with Crippen molar-refractivity contribution >= 4 is 5.91 Å². The Morgan fingerprint density at radius 1 is 1.38 bits per heavy atom. The summed E-state index contributed by atoms with van der Waals surface area (Å²) in [5.74, 6) is 0.288. The fourth-order valence-electron chi connectivity index (χ4n) is 1.88. The molecule has 76 valence electrons. The normalized spacial score (nSPS) is 28.5. The first-order chi connectivity index (χ1) is 6.20. The van der Waals surface area contributed by atoms with E-state index in [1.807, 2.05) is 4.90 Å². The number of nitrogens with zero attached hydrogens (tertiary/aromatic N) is 1. The van der Waals surface area contributed by atoms with Gasteiger partial charge in [0.2, 0.25) is 5.91 Å². The second-order valence-electron chi connectivity index (χ2n) is 3.72. The number of rotatable bonds is 4. The minimum Gasteiger partial charge on any atom is -0.326 e. The maximum atomic E-state index is 11.8. The van der Waals surface area contributed by atoms with Crippen LogP contribution in [0, 0.1) is 0 Å². The summed E-state index contributed by atoms with van der Waals surface area (Å²) in [6.45, 7) is 7.16. The van der Waals surface area contributed by atoms with Gasteiger partial charge in [-0.2, -0.15) is 0 Å². The largest absolute Gasteiger partial charge is 0.326 e. The third-order valence-corrected chi connectivity index (χ3v) is 2.53. The first-order valence-electron chi connectivity index (χ1n) is 5.27. The minimum absolute atomic E-state index is 0.0755. The average Bonchev–Trinajstić information content (AvgIpc) is 2.34. The summed E-state index contributed by atoms with van der Waals surface area (Å²) in [4.78, 5) is 13.7. The number of carbonyl (C=O) groups is 1. The predicted octanol–water partition coefficient (Wildman–Crippen LogP) is 1.34. The molecule has 0 saturated carbocycles. The molecule has 2 atom stereocenters. The topological polar surface area (TPSA) is 32.3 Å². The third-order valence-electron chi connectivity index (χ3n) is 2.53. The van der Waals surface area contributed by atoms with Crippen molar-refractivity contribution in [1.29, 1.82) is 0 Å². The van der Waals surface area contributed by atoms with Crippen molar-refractivity contribution in [2.24, 2.45) is 0 Å². The van der Waals surface area contributed by atoms with Gasteiger partial charge in [0.1, 0.15) is 0 Å². The molecule has 0 aromatic heterocycles. The van der Waals surface area contributed by atoms with Crippen LogP contribution in [-0.2, 0) is 4.79 Å². The Morgan fingerprint density at radius 2 is 2.08 bits per heavy atom. The van der Waals surface area contributed by atoms with Crippen molar-refractivity contribution < 1.29 is 4.79 Å². The number of nitrogens with one attached hydrogen (secondary N) is 1. The van der Waals surface area contributed by atoms with Gasteiger partial charge in [0.05, 0.1) is 12.2 Å². The van der Waals surface area contributed by atoms with Gasteiger partial charge in [0.25, 0.3) is 0 Å². The van der Waals surface area contributed by atoms with Crippen LogP contribution >= 0.6 is 0 Å².